The molecule has 0 radical (unpaired) electrons. The van der Waals surface area contributed by atoms with Crippen LogP contribution in [-0.2, 0) is 33.5 Å². The van der Waals surface area contributed by atoms with Crippen molar-refractivity contribution in [3.05, 3.63) is 75.3 Å². The summed E-state index contributed by atoms with van der Waals surface area (Å²) < 4.78 is 43.0. The van der Waals surface area contributed by atoms with E-state index in [0.29, 0.717) is 5.56 Å². The minimum absolute atomic E-state index is 0.0886. The SMILES string of the molecule is CCOC(=O)CN(Cc1ccc(C(F)(F)F)cc1)C(=O)Cc1ccccc1[N+](=O)[O-]. The first-order valence-corrected chi connectivity index (χ1v) is 8.93. The third kappa shape index (κ3) is 6.29. The summed E-state index contributed by atoms with van der Waals surface area (Å²) in [5.41, 5.74) is -0.553. The molecule has 2 aromatic rings. The molecule has 10 heteroatoms. The molecule has 0 aliphatic heterocycles. The first kappa shape index (κ1) is 22.9. The van der Waals surface area contributed by atoms with Gasteiger partial charge in [-0.25, -0.2) is 0 Å². The number of nitro benzene ring substituents is 1. The maximum Gasteiger partial charge on any atom is 0.416 e. The van der Waals surface area contributed by atoms with E-state index in [4.69, 9.17) is 4.74 Å². The summed E-state index contributed by atoms with van der Waals surface area (Å²) in [6.45, 7) is 1.09. The summed E-state index contributed by atoms with van der Waals surface area (Å²) in [5.74, 6) is -1.29. The smallest absolute Gasteiger partial charge is 0.416 e. The van der Waals surface area contributed by atoms with E-state index in [-0.39, 0.29) is 30.8 Å². The fourth-order valence-corrected chi connectivity index (χ4v) is 2.73. The van der Waals surface area contributed by atoms with Gasteiger partial charge in [-0.3, -0.25) is 19.7 Å². The molecule has 0 saturated heterocycles. The summed E-state index contributed by atoms with van der Waals surface area (Å²) >= 11 is 0. The molecule has 1 amide bonds. The molecule has 7 nitrogen and oxygen atoms in total. The van der Waals surface area contributed by atoms with Crippen LogP contribution in [0, 0.1) is 10.1 Å². The molecule has 0 aliphatic carbocycles. The molecule has 0 atom stereocenters. The molecule has 0 bridgehead atoms. The highest BCUT2D eigenvalue weighted by molar-refractivity contribution is 5.84. The van der Waals surface area contributed by atoms with Gasteiger partial charge in [0.1, 0.15) is 6.54 Å². The molecule has 0 spiro atoms. The summed E-state index contributed by atoms with van der Waals surface area (Å²) in [7, 11) is 0. The molecule has 0 aromatic heterocycles. The lowest BCUT2D eigenvalue weighted by Gasteiger charge is -2.22. The van der Waals surface area contributed by atoms with Gasteiger partial charge in [0.2, 0.25) is 5.91 Å². The van der Waals surface area contributed by atoms with Crippen LogP contribution in [0.1, 0.15) is 23.6 Å². The standard InChI is InChI=1S/C20H19F3N2O5/c1-2-30-19(27)13-24(12-14-7-9-16(10-8-14)20(21,22)23)18(26)11-15-5-3-4-6-17(15)25(28)29/h3-10H,2,11-13H2,1H3. The van der Waals surface area contributed by atoms with Gasteiger partial charge in [-0.2, -0.15) is 13.2 Å². The second-order valence-electron chi connectivity index (χ2n) is 6.31. The highest BCUT2D eigenvalue weighted by Crippen LogP contribution is 2.29. The van der Waals surface area contributed by atoms with Gasteiger partial charge < -0.3 is 9.64 Å². The number of halogens is 3. The Morgan fingerprint density at radius 1 is 1.10 bits per heavy atom. The maximum absolute atomic E-state index is 12.8. The number of amides is 1. The summed E-state index contributed by atoms with van der Waals surface area (Å²) in [4.78, 5) is 36.3. The summed E-state index contributed by atoms with van der Waals surface area (Å²) in [6, 6.07) is 9.87. The van der Waals surface area contributed by atoms with Crippen molar-refractivity contribution in [3.8, 4) is 0 Å². The van der Waals surface area contributed by atoms with E-state index < -0.39 is 35.1 Å². The lowest BCUT2D eigenvalue weighted by Crippen LogP contribution is -2.37. The van der Waals surface area contributed by atoms with Crippen molar-refractivity contribution in [2.75, 3.05) is 13.2 Å². The van der Waals surface area contributed by atoms with Gasteiger partial charge in [0.15, 0.2) is 0 Å². The lowest BCUT2D eigenvalue weighted by molar-refractivity contribution is -0.385. The summed E-state index contributed by atoms with van der Waals surface area (Å²) in [6.07, 6.45) is -4.84. The van der Waals surface area contributed by atoms with Crippen molar-refractivity contribution >= 4 is 17.6 Å². The van der Waals surface area contributed by atoms with Crippen LogP contribution in [0.2, 0.25) is 0 Å². The molecular formula is C20H19F3N2O5. The van der Waals surface area contributed by atoms with Crippen molar-refractivity contribution in [1.29, 1.82) is 0 Å². The number of carbonyl (C=O) groups is 2. The fraction of sp³-hybridized carbons (Fsp3) is 0.300. The zero-order chi connectivity index (χ0) is 22.3. The molecule has 0 aliphatic rings. The first-order chi connectivity index (χ1) is 14.1. The monoisotopic (exact) mass is 424 g/mol. The average Bonchev–Trinajstić information content (AvgIpc) is 2.67. The van der Waals surface area contributed by atoms with Crippen LogP contribution in [0.4, 0.5) is 18.9 Å². The van der Waals surface area contributed by atoms with Gasteiger partial charge in [0, 0.05) is 18.2 Å². The number of ether oxygens (including phenoxy) is 1. The van der Waals surface area contributed by atoms with Gasteiger partial charge in [-0.1, -0.05) is 30.3 Å². The van der Waals surface area contributed by atoms with Crippen LogP contribution in [0.15, 0.2) is 48.5 Å². The van der Waals surface area contributed by atoms with Crippen molar-refractivity contribution < 1.29 is 32.4 Å². The number of alkyl halides is 3. The number of nitro groups is 1. The molecule has 0 saturated carbocycles. The van der Waals surface area contributed by atoms with Gasteiger partial charge in [-0.05, 0) is 24.6 Å². The Morgan fingerprint density at radius 2 is 1.73 bits per heavy atom. The number of para-hydroxylation sites is 1. The third-order valence-corrected chi connectivity index (χ3v) is 4.16. The number of carbonyl (C=O) groups excluding carboxylic acids is 2. The molecule has 0 heterocycles. The zero-order valence-electron chi connectivity index (χ0n) is 16.0. The number of hydrogen-bond acceptors (Lipinski definition) is 5. The largest absolute Gasteiger partial charge is 0.465 e. The molecule has 2 rings (SSSR count). The average molecular weight is 424 g/mol. The van der Waals surface area contributed by atoms with Crippen LogP contribution in [0.25, 0.3) is 0 Å². The molecule has 2 aromatic carbocycles. The fourth-order valence-electron chi connectivity index (χ4n) is 2.73. The third-order valence-electron chi connectivity index (χ3n) is 4.16. The van der Waals surface area contributed by atoms with Crippen LogP contribution in [0.3, 0.4) is 0 Å². The highest BCUT2D eigenvalue weighted by atomic mass is 19.4. The summed E-state index contributed by atoms with van der Waals surface area (Å²) in [5, 5.41) is 11.2. The highest BCUT2D eigenvalue weighted by Gasteiger charge is 2.30. The normalized spacial score (nSPS) is 11.1. The van der Waals surface area contributed by atoms with Crippen molar-refractivity contribution in [2.24, 2.45) is 0 Å². The number of esters is 1. The van der Waals surface area contributed by atoms with Crippen LogP contribution in [-0.4, -0.2) is 34.9 Å². The number of benzene rings is 2. The van der Waals surface area contributed by atoms with Gasteiger partial charge in [0.25, 0.3) is 5.69 Å². The van der Waals surface area contributed by atoms with Crippen molar-refractivity contribution in [2.45, 2.75) is 26.1 Å². The Morgan fingerprint density at radius 3 is 2.30 bits per heavy atom. The van der Waals surface area contributed by atoms with Gasteiger partial charge in [-0.15, -0.1) is 0 Å². The molecule has 0 N–H and O–H groups in total. The molecule has 0 fully saturated rings. The van der Waals surface area contributed by atoms with E-state index in [2.05, 4.69) is 0 Å². The topological polar surface area (TPSA) is 89.8 Å². The Labute approximate surface area is 170 Å². The molecule has 30 heavy (non-hydrogen) atoms. The van der Waals surface area contributed by atoms with E-state index in [0.717, 1.165) is 17.0 Å². The van der Waals surface area contributed by atoms with Crippen molar-refractivity contribution in [3.63, 3.8) is 0 Å². The Bertz CT molecular complexity index is 913. The maximum atomic E-state index is 12.8. The van der Waals surface area contributed by atoms with Crippen LogP contribution >= 0.6 is 0 Å². The molecule has 160 valence electrons. The predicted octanol–water partition coefficient (Wildman–Crippen LogP) is 3.75. The minimum Gasteiger partial charge on any atom is -0.465 e. The van der Waals surface area contributed by atoms with E-state index >= 15 is 0 Å². The quantitative estimate of drug-likeness (QED) is 0.366. The Balaban J connectivity index is 2.23. The predicted molar refractivity (Wildman–Crippen MR) is 100 cm³/mol. The number of rotatable bonds is 8. The minimum atomic E-state index is -4.49. The van der Waals surface area contributed by atoms with Gasteiger partial charge in [0.05, 0.1) is 23.5 Å². The second kappa shape index (κ2) is 9.86. The van der Waals surface area contributed by atoms with Crippen LogP contribution in [0.5, 0.6) is 0 Å². The van der Waals surface area contributed by atoms with Crippen molar-refractivity contribution in [1.82, 2.24) is 4.90 Å². The van der Waals surface area contributed by atoms with E-state index in [1.54, 1.807) is 13.0 Å². The van der Waals surface area contributed by atoms with E-state index in [9.17, 15) is 32.9 Å². The molecule has 0 unspecified atom stereocenters. The zero-order valence-corrected chi connectivity index (χ0v) is 16.0. The molecular weight excluding hydrogens is 405 g/mol. The van der Waals surface area contributed by atoms with E-state index in [1.165, 1.54) is 30.3 Å². The lowest BCUT2D eigenvalue weighted by atomic mass is 10.1. The second-order valence-corrected chi connectivity index (χ2v) is 6.31. The number of nitrogens with zero attached hydrogens (tertiary/aromatic N) is 2. The van der Waals surface area contributed by atoms with Gasteiger partial charge >= 0.3 is 12.1 Å². The number of hydrogen-bond donors (Lipinski definition) is 0. The van der Waals surface area contributed by atoms with E-state index in [1.807, 2.05) is 0 Å². The first-order valence-electron chi connectivity index (χ1n) is 8.93. The Kier molecular flexibility index (Phi) is 7.51. The van der Waals surface area contributed by atoms with Crippen LogP contribution < -0.4 is 0 Å². The Hall–Kier alpha value is -3.43.